The molecule has 0 atom stereocenters. The van der Waals surface area contributed by atoms with E-state index in [0.717, 1.165) is 34.9 Å². The topological polar surface area (TPSA) is 104 Å². The summed E-state index contributed by atoms with van der Waals surface area (Å²) in [6.45, 7) is 1.77. The Hall–Kier alpha value is -2.31. The van der Waals surface area contributed by atoms with E-state index in [2.05, 4.69) is 15.1 Å². The molecule has 1 fully saturated rings. The van der Waals surface area contributed by atoms with Crippen LogP contribution in [-0.4, -0.2) is 21.2 Å². The van der Waals surface area contributed by atoms with Crippen LogP contribution in [0.4, 0.5) is 0 Å². The third kappa shape index (κ3) is 2.00. The molecule has 112 valence electrons. The van der Waals surface area contributed by atoms with Gasteiger partial charge in [0.15, 0.2) is 0 Å². The van der Waals surface area contributed by atoms with E-state index in [1.54, 1.807) is 13.1 Å². The lowest BCUT2D eigenvalue weighted by Crippen LogP contribution is -2.55. The summed E-state index contributed by atoms with van der Waals surface area (Å²) < 4.78 is 5.06. The third-order valence-corrected chi connectivity index (χ3v) is 4.28. The molecule has 1 saturated carbocycles. The lowest BCUT2D eigenvalue weighted by molar-refractivity contribution is 0.207. The molecule has 2 heterocycles. The number of benzene rings is 1. The van der Waals surface area contributed by atoms with Crippen molar-refractivity contribution < 1.29 is 4.52 Å². The van der Waals surface area contributed by atoms with Gasteiger partial charge in [0.2, 0.25) is 11.7 Å². The Bertz CT molecular complexity index is 851. The molecule has 6 heteroatoms. The third-order valence-electron chi connectivity index (χ3n) is 4.28. The Morgan fingerprint density at radius 3 is 2.77 bits per heavy atom. The number of hydrogen-bond acceptors (Lipinski definition) is 6. The highest BCUT2D eigenvalue weighted by molar-refractivity contribution is 5.89. The van der Waals surface area contributed by atoms with Gasteiger partial charge in [0.05, 0.1) is 11.2 Å². The van der Waals surface area contributed by atoms with Crippen molar-refractivity contribution in [3.05, 3.63) is 42.0 Å². The summed E-state index contributed by atoms with van der Waals surface area (Å²) in [5.41, 5.74) is 13.8. The second-order valence-electron chi connectivity index (χ2n) is 6.06. The highest BCUT2D eigenvalue weighted by atomic mass is 16.5. The molecule has 1 aliphatic rings. The quantitative estimate of drug-likeness (QED) is 0.748. The maximum atomic E-state index is 6.48. The minimum absolute atomic E-state index is 0.157. The Balaban J connectivity index is 1.87. The Morgan fingerprint density at radius 1 is 1.27 bits per heavy atom. The van der Waals surface area contributed by atoms with E-state index in [1.165, 1.54) is 0 Å². The van der Waals surface area contributed by atoms with Gasteiger partial charge in [-0.2, -0.15) is 4.98 Å². The van der Waals surface area contributed by atoms with Gasteiger partial charge in [0.25, 0.3) is 0 Å². The molecule has 0 bridgehead atoms. The first-order chi connectivity index (χ1) is 10.5. The fourth-order valence-corrected chi connectivity index (χ4v) is 3.19. The molecular weight excluding hydrogens is 278 g/mol. The minimum Gasteiger partial charge on any atom is -0.339 e. The first-order valence-corrected chi connectivity index (χ1v) is 7.29. The molecule has 2 aromatic heterocycles. The maximum absolute atomic E-state index is 6.48. The van der Waals surface area contributed by atoms with E-state index in [9.17, 15) is 0 Å². The number of aromatic nitrogens is 3. The van der Waals surface area contributed by atoms with Crippen LogP contribution >= 0.6 is 0 Å². The van der Waals surface area contributed by atoms with E-state index in [-0.39, 0.29) is 6.04 Å². The van der Waals surface area contributed by atoms with Crippen molar-refractivity contribution in [3.63, 3.8) is 0 Å². The summed E-state index contributed by atoms with van der Waals surface area (Å²) in [5, 5.41) is 6.09. The Kier molecular flexibility index (Phi) is 2.79. The lowest BCUT2D eigenvalue weighted by atomic mass is 9.70. The van der Waals surface area contributed by atoms with Crippen LogP contribution in [-0.2, 0) is 5.54 Å². The second kappa shape index (κ2) is 4.59. The van der Waals surface area contributed by atoms with Gasteiger partial charge >= 0.3 is 0 Å². The molecule has 1 aromatic carbocycles. The van der Waals surface area contributed by atoms with Crippen molar-refractivity contribution >= 4 is 10.8 Å². The zero-order valence-corrected chi connectivity index (χ0v) is 12.3. The van der Waals surface area contributed by atoms with E-state index < -0.39 is 5.54 Å². The fraction of sp³-hybridized carbons (Fsp3) is 0.312. The molecule has 3 aromatic rings. The molecule has 4 rings (SSSR count). The van der Waals surface area contributed by atoms with Gasteiger partial charge in [-0.15, -0.1) is 0 Å². The van der Waals surface area contributed by atoms with Gasteiger partial charge in [-0.25, -0.2) is 0 Å². The van der Waals surface area contributed by atoms with Crippen molar-refractivity contribution in [3.8, 4) is 11.4 Å². The van der Waals surface area contributed by atoms with Crippen LogP contribution in [0.15, 0.2) is 35.0 Å². The summed E-state index contributed by atoms with van der Waals surface area (Å²) in [5.74, 6) is 1.12. The maximum Gasteiger partial charge on any atom is 0.223 e. The second-order valence-corrected chi connectivity index (χ2v) is 6.06. The van der Waals surface area contributed by atoms with Gasteiger partial charge in [-0.05, 0) is 30.4 Å². The van der Waals surface area contributed by atoms with Crippen LogP contribution < -0.4 is 11.5 Å². The van der Waals surface area contributed by atoms with Gasteiger partial charge in [0, 0.05) is 30.1 Å². The standard InChI is InChI=1S/C16H17N5O/c1-9-20-15(21-22-9)11-3-2-10-4-5-19-14(13(10)6-11)16(18)7-12(17)8-16/h2-6,12H,7-8,17-18H2,1H3. The molecule has 6 nitrogen and oxygen atoms in total. The Labute approximate surface area is 127 Å². The van der Waals surface area contributed by atoms with Crippen LogP contribution in [0.2, 0.25) is 0 Å². The average molecular weight is 295 g/mol. The monoisotopic (exact) mass is 295 g/mol. The largest absolute Gasteiger partial charge is 0.339 e. The number of rotatable bonds is 2. The SMILES string of the molecule is Cc1nc(-c2ccc3ccnc(C4(N)CC(N)C4)c3c2)no1. The van der Waals surface area contributed by atoms with Crippen LogP contribution in [0.5, 0.6) is 0 Å². The summed E-state index contributed by atoms with van der Waals surface area (Å²) >= 11 is 0. The van der Waals surface area contributed by atoms with Crippen molar-refractivity contribution in [2.45, 2.75) is 31.3 Å². The van der Waals surface area contributed by atoms with Crippen molar-refractivity contribution in [2.24, 2.45) is 11.5 Å². The summed E-state index contributed by atoms with van der Waals surface area (Å²) in [6, 6.07) is 8.17. The predicted molar refractivity (Wildman–Crippen MR) is 82.8 cm³/mol. The number of hydrogen-bond donors (Lipinski definition) is 2. The Morgan fingerprint density at radius 2 is 2.09 bits per heavy atom. The molecule has 0 aliphatic heterocycles. The van der Waals surface area contributed by atoms with E-state index in [4.69, 9.17) is 16.0 Å². The highest BCUT2D eigenvalue weighted by Crippen LogP contribution is 2.40. The smallest absolute Gasteiger partial charge is 0.223 e. The van der Waals surface area contributed by atoms with Crippen molar-refractivity contribution in [1.82, 2.24) is 15.1 Å². The van der Waals surface area contributed by atoms with Crippen molar-refractivity contribution in [2.75, 3.05) is 0 Å². The van der Waals surface area contributed by atoms with E-state index >= 15 is 0 Å². The summed E-state index contributed by atoms with van der Waals surface area (Å²) in [4.78, 5) is 8.81. The molecule has 0 saturated heterocycles. The number of nitrogens with two attached hydrogens (primary N) is 2. The minimum atomic E-state index is -0.440. The number of aryl methyl sites for hydroxylation is 1. The summed E-state index contributed by atoms with van der Waals surface area (Å²) in [6.07, 6.45) is 3.31. The van der Waals surface area contributed by atoms with Crippen LogP contribution in [0.25, 0.3) is 22.2 Å². The normalized spacial score (nSPS) is 24.4. The zero-order chi connectivity index (χ0) is 15.3. The van der Waals surface area contributed by atoms with Crippen LogP contribution in [0.1, 0.15) is 24.4 Å². The number of fused-ring (bicyclic) bond motifs is 1. The van der Waals surface area contributed by atoms with E-state index in [0.29, 0.717) is 11.7 Å². The van der Waals surface area contributed by atoms with Crippen LogP contribution in [0.3, 0.4) is 0 Å². The van der Waals surface area contributed by atoms with Gasteiger partial charge < -0.3 is 16.0 Å². The number of pyridine rings is 1. The fourth-order valence-electron chi connectivity index (χ4n) is 3.19. The molecule has 0 unspecified atom stereocenters. The molecule has 0 radical (unpaired) electrons. The summed E-state index contributed by atoms with van der Waals surface area (Å²) in [7, 11) is 0. The molecule has 0 amide bonds. The molecule has 22 heavy (non-hydrogen) atoms. The van der Waals surface area contributed by atoms with Gasteiger partial charge in [-0.3, -0.25) is 4.98 Å². The molecule has 0 spiro atoms. The van der Waals surface area contributed by atoms with Gasteiger partial charge in [0.1, 0.15) is 0 Å². The highest BCUT2D eigenvalue weighted by Gasteiger charge is 2.42. The van der Waals surface area contributed by atoms with Gasteiger partial charge in [-0.1, -0.05) is 17.3 Å². The predicted octanol–water partition coefficient (Wildman–Crippen LogP) is 1.87. The number of nitrogens with zero attached hydrogens (tertiary/aromatic N) is 3. The molecule has 4 N–H and O–H groups in total. The van der Waals surface area contributed by atoms with Crippen molar-refractivity contribution in [1.29, 1.82) is 0 Å². The molecular formula is C16H17N5O. The first-order valence-electron chi connectivity index (χ1n) is 7.29. The molecule has 1 aliphatic carbocycles. The van der Waals surface area contributed by atoms with E-state index in [1.807, 2.05) is 24.3 Å². The zero-order valence-electron chi connectivity index (χ0n) is 12.3. The average Bonchev–Trinajstić information content (AvgIpc) is 2.91. The lowest BCUT2D eigenvalue weighted by Gasteiger charge is -2.43. The first kappa shape index (κ1) is 13.4. The van der Waals surface area contributed by atoms with Crippen LogP contribution in [0, 0.1) is 6.92 Å².